The van der Waals surface area contributed by atoms with E-state index in [4.69, 9.17) is 0 Å². The summed E-state index contributed by atoms with van der Waals surface area (Å²) >= 11 is 1.32. The second-order valence-electron chi connectivity index (χ2n) is 6.82. The Balaban J connectivity index is 1.48. The molecule has 0 aliphatic carbocycles. The van der Waals surface area contributed by atoms with Crippen molar-refractivity contribution in [3.63, 3.8) is 0 Å². The number of carbonyl (C=O) groups excluding carboxylic acids is 1. The monoisotopic (exact) mass is 383 g/mol. The standard InChI is InChI=1S/C19H21N5O2S/c1-13-15-17(21-12-22(2)18(15)25)27-16(13)19(26)24-9-7-23(8-10-24)11-14-3-5-20-6-4-14/h3-6,12H,7-11H2,1-2H3. The van der Waals surface area contributed by atoms with Crippen LogP contribution in [0.25, 0.3) is 10.2 Å². The molecule has 27 heavy (non-hydrogen) atoms. The Kier molecular flexibility index (Phi) is 4.75. The molecule has 7 nitrogen and oxygen atoms in total. The van der Waals surface area contributed by atoms with Gasteiger partial charge in [0.2, 0.25) is 0 Å². The summed E-state index contributed by atoms with van der Waals surface area (Å²) in [5.74, 6) is 0.00103. The molecule has 0 N–H and O–H groups in total. The smallest absolute Gasteiger partial charge is 0.264 e. The van der Waals surface area contributed by atoms with Crippen molar-refractivity contribution in [2.75, 3.05) is 26.2 Å². The average Bonchev–Trinajstić information content (AvgIpc) is 3.03. The van der Waals surface area contributed by atoms with E-state index in [0.717, 1.165) is 25.2 Å². The first-order chi connectivity index (χ1) is 13.0. The minimum Gasteiger partial charge on any atom is -0.335 e. The maximum atomic E-state index is 13.0. The lowest BCUT2D eigenvalue weighted by atomic mass is 10.2. The zero-order chi connectivity index (χ0) is 19.0. The van der Waals surface area contributed by atoms with E-state index in [1.165, 1.54) is 27.8 Å². The molecule has 0 atom stereocenters. The van der Waals surface area contributed by atoms with Gasteiger partial charge in [-0.3, -0.25) is 19.5 Å². The number of aryl methyl sites for hydroxylation is 2. The first-order valence-electron chi connectivity index (χ1n) is 8.90. The topological polar surface area (TPSA) is 71.3 Å². The second-order valence-corrected chi connectivity index (χ2v) is 7.82. The van der Waals surface area contributed by atoms with Crippen LogP contribution < -0.4 is 5.56 Å². The van der Waals surface area contributed by atoms with E-state index in [1.54, 1.807) is 19.4 Å². The van der Waals surface area contributed by atoms with Gasteiger partial charge in [-0.05, 0) is 30.2 Å². The molecule has 4 heterocycles. The van der Waals surface area contributed by atoms with Crippen LogP contribution in [0.2, 0.25) is 0 Å². The summed E-state index contributed by atoms with van der Waals surface area (Å²) in [4.78, 5) is 39.2. The fraction of sp³-hybridized carbons (Fsp3) is 0.368. The summed E-state index contributed by atoms with van der Waals surface area (Å²) in [6.07, 6.45) is 5.11. The van der Waals surface area contributed by atoms with Gasteiger partial charge in [0.15, 0.2) is 0 Å². The third-order valence-electron chi connectivity index (χ3n) is 5.02. The molecule has 3 aromatic heterocycles. The molecule has 8 heteroatoms. The van der Waals surface area contributed by atoms with E-state index < -0.39 is 0 Å². The van der Waals surface area contributed by atoms with Crippen LogP contribution in [0.1, 0.15) is 20.8 Å². The summed E-state index contributed by atoms with van der Waals surface area (Å²) in [5.41, 5.74) is 1.87. The third-order valence-corrected chi connectivity index (χ3v) is 6.21. The van der Waals surface area contributed by atoms with Gasteiger partial charge in [-0.1, -0.05) is 0 Å². The molecule has 0 saturated carbocycles. The highest BCUT2D eigenvalue weighted by Gasteiger charge is 2.26. The van der Waals surface area contributed by atoms with Gasteiger partial charge in [-0.15, -0.1) is 11.3 Å². The molecule has 0 spiro atoms. The minimum absolute atomic E-state index is 0.00103. The third kappa shape index (κ3) is 3.38. The number of rotatable bonds is 3. The Hall–Kier alpha value is -2.58. The normalized spacial score (nSPS) is 15.4. The van der Waals surface area contributed by atoms with Crippen molar-refractivity contribution in [1.29, 1.82) is 0 Å². The van der Waals surface area contributed by atoms with Crippen LogP contribution in [-0.2, 0) is 13.6 Å². The summed E-state index contributed by atoms with van der Waals surface area (Å²) in [6.45, 7) is 5.74. The van der Waals surface area contributed by atoms with Crippen molar-refractivity contribution in [2.45, 2.75) is 13.5 Å². The first kappa shape index (κ1) is 17.8. The van der Waals surface area contributed by atoms with Gasteiger partial charge in [-0.2, -0.15) is 0 Å². The molecule has 1 fully saturated rings. The van der Waals surface area contributed by atoms with Crippen molar-refractivity contribution in [3.05, 3.63) is 57.2 Å². The molecule has 140 valence electrons. The van der Waals surface area contributed by atoms with Gasteiger partial charge < -0.3 is 9.47 Å². The molecule has 1 aliphatic heterocycles. The van der Waals surface area contributed by atoms with Crippen molar-refractivity contribution in [1.82, 2.24) is 24.3 Å². The highest BCUT2D eigenvalue weighted by atomic mass is 32.1. The Labute approximate surface area is 160 Å². The number of carbonyl (C=O) groups is 1. The Morgan fingerprint density at radius 1 is 1.19 bits per heavy atom. The van der Waals surface area contributed by atoms with Crippen LogP contribution in [0.15, 0.2) is 35.6 Å². The average molecular weight is 383 g/mol. The summed E-state index contributed by atoms with van der Waals surface area (Å²) in [7, 11) is 1.68. The van der Waals surface area contributed by atoms with E-state index in [9.17, 15) is 9.59 Å². The van der Waals surface area contributed by atoms with Crippen LogP contribution >= 0.6 is 11.3 Å². The molecule has 1 amide bonds. The molecule has 0 unspecified atom stereocenters. The fourth-order valence-corrected chi connectivity index (χ4v) is 4.52. The predicted molar refractivity (Wildman–Crippen MR) is 105 cm³/mol. The molecule has 0 bridgehead atoms. The first-order valence-corrected chi connectivity index (χ1v) is 9.71. The van der Waals surface area contributed by atoms with Gasteiger partial charge in [0.1, 0.15) is 4.83 Å². The largest absolute Gasteiger partial charge is 0.335 e. The van der Waals surface area contributed by atoms with Crippen molar-refractivity contribution in [2.24, 2.45) is 7.05 Å². The molecule has 0 radical (unpaired) electrons. The Bertz CT molecular complexity index is 1040. The minimum atomic E-state index is -0.102. The summed E-state index contributed by atoms with van der Waals surface area (Å²) < 4.78 is 1.45. The number of hydrogen-bond acceptors (Lipinski definition) is 6. The van der Waals surface area contributed by atoms with E-state index in [-0.39, 0.29) is 11.5 Å². The number of piperazine rings is 1. The predicted octanol–water partition coefficient (Wildman–Crippen LogP) is 1.66. The van der Waals surface area contributed by atoms with E-state index >= 15 is 0 Å². The number of hydrogen-bond donors (Lipinski definition) is 0. The quantitative estimate of drug-likeness (QED) is 0.688. The van der Waals surface area contributed by atoms with Crippen LogP contribution in [-0.4, -0.2) is 56.4 Å². The van der Waals surface area contributed by atoms with Crippen molar-refractivity contribution < 1.29 is 4.79 Å². The maximum absolute atomic E-state index is 13.0. The number of thiophene rings is 1. The second kappa shape index (κ2) is 7.21. The molecule has 3 aromatic rings. The summed E-state index contributed by atoms with van der Waals surface area (Å²) in [6, 6.07) is 4.04. The van der Waals surface area contributed by atoms with Gasteiger partial charge >= 0.3 is 0 Å². The zero-order valence-corrected chi connectivity index (χ0v) is 16.2. The number of amides is 1. The SMILES string of the molecule is Cc1c(C(=O)N2CCN(Cc3ccncc3)CC2)sc2ncn(C)c(=O)c12. The van der Waals surface area contributed by atoms with Gasteiger partial charge in [0.25, 0.3) is 11.5 Å². The zero-order valence-electron chi connectivity index (χ0n) is 15.4. The summed E-state index contributed by atoms with van der Waals surface area (Å²) in [5, 5.41) is 0.560. The molecule has 1 aliphatic rings. The van der Waals surface area contributed by atoms with E-state index in [1.807, 2.05) is 24.0 Å². The molecule has 0 aromatic carbocycles. The number of fused-ring (bicyclic) bond motifs is 1. The lowest BCUT2D eigenvalue weighted by Gasteiger charge is -2.34. The number of pyridine rings is 1. The maximum Gasteiger partial charge on any atom is 0.264 e. The van der Waals surface area contributed by atoms with Crippen LogP contribution in [0.3, 0.4) is 0 Å². The Morgan fingerprint density at radius 2 is 1.89 bits per heavy atom. The van der Waals surface area contributed by atoms with Crippen LogP contribution in [0.5, 0.6) is 0 Å². The van der Waals surface area contributed by atoms with E-state index in [2.05, 4.69) is 14.9 Å². The molecular weight excluding hydrogens is 362 g/mol. The van der Waals surface area contributed by atoms with Gasteiger partial charge in [0.05, 0.1) is 16.6 Å². The highest BCUT2D eigenvalue weighted by Crippen LogP contribution is 2.28. The molecule has 4 rings (SSSR count). The van der Waals surface area contributed by atoms with Crippen LogP contribution in [0, 0.1) is 6.92 Å². The highest BCUT2D eigenvalue weighted by molar-refractivity contribution is 7.20. The number of aromatic nitrogens is 3. The van der Waals surface area contributed by atoms with Crippen molar-refractivity contribution >= 4 is 27.5 Å². The van der Waals surface area contributed by atoms with Crippen molar-refractivity contribution in [3.8, 4) is 0 Å². The molecular formula is C19H21N5O2S. The van der Waals surface area contributed by atoms with E-state index in [0.29, 0.717) is 28.2 Å². The lowest BCUT2D eigenvalue weighted by molar-refractivity contribution is 0.0632. The fourth-order valence-electron chi connectivity index (χ4n) is 3.41. The van der Waals surface area contributed by atoms with Gasteiger partial charge in [-0.25, -0.2) is 4.98 Å². The lowest BCUT2D eigenvalue weighted by Crippen LogP contribution is -2.48. The number of nitrogens with zero attached hydrogens (tertiary/aromatic N) is 5. The van der Waals surface area contributed by atoms with Crippen LogP contribution in [0.4, 0.5) is 0 Å². The Morgan fingerprint density at radius 3 is 2.59 bits per heavy atom. The van der Waals surface area contributed by atoms with Gasteiger partial charge in [0, 0.05) is 52.2 Å². The molecule has 1 saturated heterocycles.